The third-order valence-electron chi connectivity index (χ3n) is 5.05. The highest BCUT2D eigenvalue weighted by atomic mass is 32.1. The number of benzene rings is 2. The van der Waals surface area contributed by atoms with E-state index in [4.69, 9.17) is 4.74 Å². The number of rotatable bonds is 5. The van der Waals surface area contributed by atoms with Gasteiger partial charge in [0.05, 0.1) is 16.8 Å². The largest absolute Gasteiger partial charge is 0.449 e. The molecule has 5 nitrogen and oxygen atoms in total. The zero-order chi connectivity index (χ0) is 19.7. The van der Waals surface area contributed by atoms with Gasteiger partial charge < -0.3 is 15.2 Å². The highest BCUT2D eigenvalue weighted by Gasteiger charge is 2.30. The van der Waals surface area contributed by atoms with Gasteiger partial charge in [-0.25, -0.2) is 9.78 Å². The lowest BCUT2D eigenvalue weighted by molar-refractivity contribution is 0.111. The number of carbonyl (C=O) groups excluding carboxylic acids is 1. The first-order chi connectivity index (χ1) is 13.5. The third-order valence-corrected chi connectivity index (χ3v) is 5.85. The van der Waals surface area contributed by atoms with Crippen molar-refractivity contribution >= 4 is 17.4 Å². The fraction of sp³-hybridized carbons (Fsp3) is 0.273. The van der Waals surface area contributed by atoms with E-state index in [0.29, 0.717) is 5.69 Å². The lowest BCUT2D eigenvalue weighted by atomic mass is 9.98. The molecular formula is C22H22N2O3S. The Morgan fingerprint density at radius 1 is 1.18 bits per heavy atom. The van der Waals surface area contributed by atoms with Crippen molar-refractivity contribution in [1.29, 1.82) is 0 Å². The molecule has 1 aliphatic rings. The van der Waals surface area contributed by atoms with Crippen molar-refractivity contribution in [3.8, 4) is 11.1 Å². The summed E-state index contributed by atoms with van der Waals surface area (Å²) in [5, 5.41) is 15.5. The maximum absolute atomic E-state index is 12.4. The summed E-state index contributed by atoms with van der Waals surface area (Å²) >= 11 is 1.48. The molecule has 28 heavy (non-hydrogen) atoms. The van der Waals surface area contributed by atoms with Crippen molar-refractivity contribution in [2.75, 3.05) is 6.61 Å². The summed E-state index contributed by atoms with van der Waals surface area (Å²) in [7, 11) is 0. The Morgan fingerprint density at radius 2 is 1.79 bits per heavy atom. The van der Waals surface area contributed by atoms with Crippen molar-refractivity contribution in [3.05, 3.63) is 75.7 Å². The number of hydrogen-bond donors (Lipinski definition) is 2. The molecule has 2 N–H and O–H groups in total. The van der Waals surface area contributed by atoms with Crippen molar-refractivity contribution in [1.82, 2.24) is 10.3 Å². The number of aryl methyl sites for hydroxylation is 1. The first-order valence-corrected chi connectivity index (χ1v) is 10.1. The molecule has 1 aromatic heterocycles. The Bertz CT molecular complexity index is 953. The van der Waals surface area contributed by atoms with E-state index in [1.54, 1.807) is 6.92 Å². The molecule has 0 radical (unpaired) electrons. The maximum atomic E-state index is 12.4. The Morgan fingerprint density at radius 3 is 2.32 bits per heavy atom. The van der Waals surface area contributed by atoms with Gasteiger partial charge in [0.25, 0.3) is 0 Å². The molecule has 1 amide bonds. The fourth-order valence-electron chi connectivity index (χ4n) is 3.73. The Balaban J connectivity index is 1.48. The monoisotopic (exact) mass is 394 g/mol. The molecule has 2 aromatic carbocycles. The number of aromatic nitrogens is 1. The van der Waals surface area contributed by atoms with Gasteiger partial charge >= 0.3 is 6.09 Å². The minimum absolute atomic E-state index is 0.00432. The van der Waals surface area contributed by atoms with Crippen LogP contribution in [-0.4, -0.2) is 28.9 Å². The molecule has 0 fully saturated rings. The van der Waals surface area contributed by atoms with Crippen LogP contribution in [0.25, 0.3) is 11.1 Å². The van der Waals surface area contributed by atoms with Crippen LogP contribution in [0.3, 0.4) is 0 Å². The van der Waals surface area contributed by atoms with E-state index in [0.717, 1.165) is 5.01 Å². The normalized spacial score (nSPS) is 14.8. The highest BCUT2D eigenvalue weighted by Crippen LogP contribution is 2.44. The van der Waals surface area contributed by atoms with E-state index in [9.17, 15) is 9.90 Å². The first-order valence-electron chi connectivity index (χ1n) is 9.26. The number of nitrogens with zero attached hydrogens (tertiary/aromatic N) is 1. The molecule has 3 aromatic rings. The summed E-state index contributed by atoms with van der Waals surface area (Å²) in [5.74, 6) is 0.00432. The van der Waals surface area contributed by atoms with Gasteiger partial charge in [-0.3, -0.25) is 0 Å². The number of aliphatic hydroxyl groups excluding tert-OH is 1. The van der Waals surface area contributed by atoms with Crippen molar-refractivity contribution in [3.63, 3.8) is 0 Å². The summed E-state index contributed by atoms with van der Waals surface area (Å²) in [6.07, 6.45) is -1.33. The summed E-state index contributed by atoms with van der Waals surface area (Å²) in [5.41, 5.74) is 5.35. The average molecular weight is 394 g/mol. The van der Waals surface area contributed by atoms with Gasteiger partial charge in [0, 0.05) is 11.3 Å². The quantitative estimate of drug-likeness (QED) is 0.672. The maximum Gasteiger partial charge on any atom is 0.407 e. The van der Waals surface area contributed by atoms with E-state index < -0.39 is 18.2 Å². The number of aliphatic hydroxyl groups is 1. The standard InChI is InChI=1S/C22H22N2O3S/c1-13(25)21(20-12-28-14(2)23-20)24-22(26)27-11-19-17-9-5-3-7-15(17)16-8-4-6-10-18(16)19/h3-10,12-13,19,21,25H,11H2,1-2H3,(H,24,26). The van der Waals surface area contributed by atoms with Gasteiger partial charge in [0.15, 0.2) is 0 Å². The van der Waals surface area contributed by atoms with Gasteiger partial charge in [-0.1, -0.05) is 48.5 Å². The van der Waals surface area contributed by atoms with Crippen LogP contribution < -0.4 is 5.32 Å². The van der Waals surface area contributed by atoms with E-state index in [2.05, 4.69) is 34.6 Å². The number of alkyl carbamates (subject to hydrolysis) is 1. The second-order valence-electron chi connectivity index (χ2n) is 6.98. The second-order valence-corrected chi connectivity index (χ2v) is 8.04. The molecule has 144 valence electrons. The summed E-state index contributed by atoms with van der Waals surface area (Å²) in [4.78, 5) is 16.8. The minimum atomic E-state index is -0.776. The number of amides is 1. The van der Waals surface area contributed by atoms with Crippen LogP contribution in [0.2, 0.25) is 0 Å². The fourth-order valence-corrected chi connectivity index (χ4v) is 4.38. The van der Waals surface area contributed by atoms with Crippen molar-refractivity contribution < 1.29 is 14.6 Å². The van der Waals surface area contributed by atoms with Gasteiger partial charge in [0.1, 0.15) is 12.6 Å². The molecule has 2 atom stereocenters. The Labute approximate surface area is 168 Å². The van der Waals surface area contributed by atoms with E-state index >= 15 is 0 Å². The van der Waals surface area contributed by atoms with Crippen molar-refractivity contribution in [2.45, 2.75) is 31.9 Å². The lowest BCUT2D eigenvalue weighted by Crippen LogP contribution is -2.36. The lowest BCUT2D eigenvalue weighted by Gasteiger charge is -2.20. The van der Waals surface area contributed by atoms with Gasteiger partial charge in [-0.05, 0) is 36.1 Å². The van der Waals surface area contributed by atoms with Crippen molar-refractivity contribution in [2.24, 2.45) is 0 Å². The summed E-state index contributed by atoms with van der Waals surface area (Å²) < 4.78 is 5.56. The number of nitrogens with one attached hydrogen (secondary N) is 1. The molecule has 0 aliphatic heterocycles. The van der Waals surface area contributed by atoms with E-state index in [1.165, 1.54) is 33.6 Å². The van der Waals surface area contributed by atoms with Crippen LogP contribution in [0.4, 0.5) is 4.79 Å². The number of thiazole rings is 1. The predicted molar refractivity (Wildman–Crippen MR) is 109 cm³/mol. The average Bonchev–Trinajstić information content (AvgIpc) is 3.26. The minimum Gasteiger partial charge on any atom is -0.449 e. The van der Waals surface area contributed by atoms with Crippen LogP contribution >= 0.6 is 11.3 Å². The van der Waals surface area contributed by atoms with Gasteiger partial charge in [-0.2, -0.15) is 0 Å². The molecule has 2 unspecified atom stereocenters. The Hall–Kier alpha value is -2.70. The van der Waals surface area contributed by atoms with Crippen LogP contribution in [0.15, 0.2) is 53.9 Å². The molecule has 6 heteroatoms. The van der Waals surface area contributed by atoms with E-state index in [-0.39, 0.29) is 12.5 Å². The molecule has 1 heterocycles. The summed E-state index contributed by atoms with van der Waals surface area (Å²) in [6, 6.07) is 15.8. The van der Waals surface area contributed by atoms with Crippen LogP contribution in [0.5, 0.6) is 0 Å². The third kappa shape index (κ3) is 3.53. The first kappa shape index (κ1) is 18.7. The molecule has 4 rings (SSSR count). The van der Waals surface area contributed by atoms with Crippen LogP contribution in [-0.2, 0) is 4.74 Å². The highest BCUT2D eigenvalue weighted by molar-refractivity contribution is 7.09. The zero-order valence-electron chi connectivity index (χ0n) is 15.8. The van der Waals surface area contributed by atoms with Crippen LogP contribution in [0.1, 0.15) is 40.7 Å². The Kier molecular flexibility index (Phi) is 5.15. The van der Waals surface area contributed by atoms with Crippen LogP contribution in [0, 0.1) is 6.92 Å². The molecule has 0 saturated carbocycles. The molecular weight excluding hydrogens is 372 g/mol. The molecule has 0 spiro atoms. The molecule has 1 aliphatic carbocycles. The second kappa shape index (κ2) is 7.73. The molecule has 0 bridgehead atoms. The number of fused-ring (bicyclic) bond motifs is 3. The van der Waals surface area contributed by atoms with Gasteiger partial charge in [-0.15, -0.1) is 11.3 Å². The predicted octanol–water partition coefficient (Wildman–Crippen LogP) is 4.41. The summed E-state index contributed by atoms with van der Waals surface area (Å²) in [6.45, 7) is 3.76. The smallest absolute Gasteiger partial charge is 0.407 e. The van der Waals surface area contributed by atoms with Gasteiger partial charge in [0.2, 0.25) is 0 Å². The number of carbonyl (C=O) groups is 1. The number of ether oxygens (including phenoxy) is 1. The zero-order valence-corrected chi connectivity index (χ0v) is 16.6. The molecule has 0 saturated heterocycles. The SMILES string of the molecule is Cc1nc(C(NC(=O)OCC2c3ccccc3-c3ccccc32)C(C)O)cs1. The topological polar surface area (TPSA) is 71.5 Å². The van der Waals surface area contributed by atoms with E-state index in [1.807, 2.05) is 36.6 Å². The number of hydrogen-bond acceptors (Lipinski definition) is 5.